The van der Waals surface area contributed by atoms with E-state index in [-0.39, 0.29) is 18.1 Å². The molecule has 1 aliphatic rings. The maximum Gasteiger partial charge on any atom is 0.326 e. The van der Waals surface area contributed by atoms with Crippen LogP contribution in [0.3, 0.4) is 0 Å². The fourth-order valence-electron chi connectivity index (χ4n) is 3.40. The first kappa shape index (κ1) is 31.8. The molecule has 4 atom stereocenters. The van der Waals surface area contributed by atoms with Gasteiger partial charge in [0.2, 0.25) is 23.6 Å². The molecule has 13 heteroatoms. The first-order valence-corrected chi connectivity index (χ1v) is 13.3. The number of hydrogen-bond acceptors (Lipinski definition) is 9. The number of allylic oxidation sites excluding steroid dienone is 1. The Kier molecular flexibility index (Phi) is 15.2. The molecule has 6 N–H and O–H groups in total. The summed E-state index contributed by atoms with van der Waals surface area (Å²) in [7, 11) is 0. The van der Waals surface area contributed by atoms with Gasteiger partial charge in [-0.2, -0.15) is 25.3 Å². The standard InChI is InChI=1S/C23H39N5O6S2/c1-14(2)20-23(33)25-12-19(30)34-15(7-4-6-10-35)11-18(29)26-16(8-3-5-9-24)21(31)27-17(13-36)22(32)28-20/h4,7,14-17,20,35-36H,3,5-6,8-13,24H2,1-2H3,(H,25,33)(H,26,29)(H,27,31)(H,28,32)/b7-4+/t15-,16-,17?,20-/m1/s1. The number of nitrogens with one attached hydrogen (secondary N) is 4. The van der Waals surface area contributed by atoms with Crippen molar-refractivity contribution in [2.45, 2.75) is 70.2 Å². The Morgan fingerprint density at radius 1 is 1.00 bits per heavy atom. The van der Waals surface area contributed by atoms with Crippen LogP contribution in [0.25, 0.3) is 0 Å². The van der Waals surface area contributed by atoms with E-state index >= 15 is 0 Å². The van der Waals surface area contributed by atoms with Gasteiger partial charge in [0, 0.05) is 5.75 Å². The zero-order valence-corrected chi connectivity index (χ0v) is 22.6. The summed E-state index contributed by atoms with van der Waals surface area (Å²) in [5.41, 5.74) is 5.56. The van der Waals surface area contributed by atoms with Crippen LogP contribution in [0.2, 0.25) is 0 Å². The summed E-state index contributed by atoms with van der Waals surface area (Å²) in [5.74, 6) is -2.78. The second-order valence-corrected chi connectivity index (χ2v) is 9.58. The van der Waals surface area contributed by atoms with Crippen LogP contribution in [-0.2, 0) is 28.7 Å². The number of esters is 1. The minimum absolute atomic E-state index is 0.0299. The lowest BCUT2D eigenvalue weighted by atomic mass is 10.0. The van der Waals surface area contributed by atoms with Crippen molar-refractivity contribution in [3.8, 4) is 0 Å². The Bertz CT molecular complexity index is 795. The monoisotopic (exact) mass is 545 g/mol. The van der Waals surface area contributed by atoms with Gasteiger partial charge in [0.05, 0.1) is 6.42 Å². The Morgan fingerprint density at radius 3 is 2.31 bits per heavy atom. The highest BCUT2D eigenvalue weighted by Crippen LogP contribution is 2.08. The maximum absolute atomic E-state index is 13.0. The van der Waals surface area contributed by atoms with Crippen molar-refractivity contribution in [3.05, 3.63) is 12.2 Å². The molecule has 0 aliphatic carbocycles. The van der Waals surface area contributed by atoms with Gasteiger partial charge in [-0.05, 0) is 50.0 Å². The Morgan fingerprint density at radius 2 is 1.69 bits per heavy atom. The molecule has 1 fully saturated rings. The van der Waals surface area contributed by atoms with E-state index in [4.69, 9.17) is 10.5 Å². The van der Waals surface area contributed by atoms with Gasteiger partial charge in [0.15, 0.2) is 0 Å². The van der Waals surface area contributed by atoms with Crippen molar-refractivity contribution in [2.24, 2.45) is 11.7 Å². The van der Waals surface area contributed by atoms with Gasteiger partial charge in [0.25, 0.3) is 0 Å². The molecule has 1 unspecified atom stereocenters. The maximum atomic E-state index is 13.0. The smallest absolute Gasteiger partial charge is 0.326 e. The third kappa shape index (κ3) is 11.7. The molecular formula is C23H39N5O6S2. The van der Waals surface area contributed by atoms with E-state index in [1.54, 1.807) is 26.0 Å². The summed E-state index contributed by atoms with van der Waals surface area (Å²) in [6.45, 7) is 3.46. The van der Waals surface area contributed by atoms with Gasteiger partial charge in [-0.1, -0.05) is 19.9 Å². The zero-order chi connectivity index (χ0) is 27.1. The van der Waals surface area contributed by atoms with Crippen molar-refractivity contribution < 1.29 is 28.7 Å². The lowest BCUT2D eigenvalue weighted by Crippen LogP contribution is -2.58. The van der Waals surface area contributed by atoms with Crippen LogP contribution in [0, 0.1) is 5.92 Å². The second-order valence-electron chi connectivity index (χ2n) is 8.77. The second kappa shape index (κ2) is 17.2. The zero-order valence-electron chi connectivity index (χ0n) is 20.8. The lowest BCUT2D eigenvalue weighted by molar-refractivity contribution is -0.148. The van der Waals surface area contributed by atoms with Gasteiger partial charge in [0.1, 0.15) is 30.8 Å². The third-order valence-electron chi connectivity index (χ3n) is 5.38. The molecule has 36 heavy (non-hydrogen) atoms. The first-order chi connectivity index (χ1) is 17.1. The molecule has 1 rings (SSSR count). The summed E-state index contributed by atoms with van der Waals surface area (Å²) in [4.78, 5) is 63.8. The molecule has 4 amide bonds. The summed E-state index contributed by atoms with van der Waals surface area (Å²) < 4.78 is 5.39. The highest BCUT2D eigenvalue weighted by molar-refractivity contribution is 7.80. The number of nitrogens with two attached hydrogens (primary N) is 1. The van der Waals surface area contributed by atoms with E-state index in [0.29, 0.717) is 38.0 Å². The highest BCUT2D eigenvalue weighted by Gasteiger charge is 2.31. The quantitative estimate of drug-likeness (QED) is 0.0884. The lowest BCUT2D eigenvalue weighted by Gasteiger charge is -2.27. The van der Waals surface area contributed by atoms with E-state index < -0.39 is 60.4 Å². The Hall–Kier alpha value is -2.25. The minimum atomic E-state index is -1.04. The number of carbonyl (C=O) groups excluding carboxylic acids is 5. The van der Waals surface area contributed by atoms with Gasteiger partial charge in [-0.25, -0.2) is 0 Å². The van der Waals surface area contributed by atoms with Gasteiger partial charge in [-0.15, -0.1) is 0 Å². The van der Waals surface area contributed by atoms with E-state index in [1.807, 2.05) is 0 Å². The number of hydrogen-bond donors (Lipinski definition) is 7. The van der Waals surface area contributed by atoms with Crippen molar-refractivity contribution >= 4 is 54.9 Å². The molecular weight excluding hydrogens is 506 g/mol. The number of rotatable bonds is 9. The third-order valence-corrected chi connectivity index (χ3v) is 6.01. The number of ether oxygens (including phenoxy) is 1. The summed E-state index contributed by atoms with van der Waals surface area (Å²) in [6, 6.07) is -2.93. The molecule has 1 saturated heterocycles. The van der Waals surface area contributed by atoms with Crippen LogP contribution in [-0.4, -0.2) is 78.4 Å². The molecule has 0 radical (unpaired) electrons. The van der Waals surface area contributed by atoms with Crippen molar-refractivity contribution in [1.29, 1.82) is 0 Å². The van der Waals surface area contributed by atoms with Crippen LogP contribution in [0.1, 0.15) is 46.0 Å². The summed E-state index contributed by atoms with van der Waals surface area (Å²) >= 11 is 8.31. The minimum Gasteiger partial charge on any atom is -0.456 e. The SMILES string of the molecule is CC(C)[C@H]1NC(=O)C(CS)NC(=O)[C@@H](CCCCN)NC(=O)C[C@@H](/C=C/CCS)OC(=O)CNC1=O. The fraction of sp³-hybridized carbons (Fsp3) is 0.696. The van der Waals surface area contributed by atoms with Gasteiger partial charge >= 0.3 is 5.97 Å². The molecule has 0 bridgehead atoms. The Balaban J connectivity index is 3.25. The van der Waals surface area contributed by atoms with Crippen LogP contribution < -0.4 is 27.0 Å². The largest absolute Gasteiger partial charge is 0.456 e. The summed E-state index contributed by atoms with van der Waals surface area (Å²) in [5, 5.41) is 10.4. The number of amides is 4. The predicted octanol–water partition coefficient (Wildman–Crippen LogP) is -0.537. The predicted molar refractivity (Wildman–Crippen MR) is 143 cm³/mol. The number of thiol groups is 2. The fourth-order valence-corrected chi connectivity index (χ4v) is 3.81. The molecule has 204 valence electrons. The molecule has 0 saturated carbocycles. The molecule has 0 aromatic heterocycles. The van der Waals surface area contributed by atoms with Crippen LogP contribution >= 0.6 is 25.3 Å². The van der Waals surface area contributed by atoms with Gasteiger partial charge < -0.3 is 31.7 Å². The van der Waals surface area contributed by atoms with Gasteiger partial charge in [-0.3, -0.25) is 24.0 Å². The van der Waals surface area contributed by atoms with E-state index in [1.165, 1.54) is 0 Å². The summed E-state index contributed by atoms with van der Waals surface area (Å²) in [6.07, 6.45) is 4.30. The van der Waals surface area contributed by atoms with Crippen molar-refractivity contribution in [3.63, 3.8) is 0 Å². The van der Waals surface area contributed by atoms with Crippen LogP contribution in [0.5, 0.6) is 0 Å². The van der Waals surface area contributed by atoms with E-state index in [0.717, 1.165) is 0 Å². The molecule has 1 heterocycles. The van der Waals surface area contributed by atoms with Crippen molar-refractivity contribution in [1.82, 2.24) is 21.3 Å². The molecule has 11 nitrogen and oxygen atoms in total. The molecule has 0 aromatic carbocycles. The van der Waals surface area contributed by atoms with Crippen molar-refractivity contribution in [2.75, 3.05) is 24.6 Å². The average Bonchev–Trinajstić information content (AvgIpc) is 2.82. The Labute approximate surface area is 223 Å². The topological polar surface area (TPSA) is 169 Å². The number of unbranched alkanes of at least 4 members (excludes halogenated alkanes) is 1. The van der Waals surface area contributed by atoms with E-state index in [2.05, 4.69) is 46.5 Å². The molecule has 0 spiro atoms. The normalized spacial score (nSPS) is 25.2. The van der Waals surface area contributed by atoms with Crippen LogP contribution in [0.15, 0.2) is 12.2 Å². The molecule has 0 aromatic rings. The number of carbonyl (C=O) groups is 5. The number of cyclic esters (lactones) is 1. The molecule has 1 aliphatic heterocycles. The highest BCUT2D eigenvalue weighted by atomic mass is 32.1. The first-order valence-electron chi connectivity index (χ1n) is 12.1. The van der Waals surface area contributed by atoms with Crippen LogP contribution in [0.4, 0.5) is 0 Å². The average molecular weight is 546 g/mol. The van der Waals surface area contributed by atoms with E-state index in [9.17, 15) is 24.0 Å².